The van der Waals surface area contributed by atoms with E-state index in [0.717, 1.165) is 0 Å². The van der Waals surface area contributed by atoms with Crippen molar-refractivity contribution in [2.75, 3.05) is 26.4 Å². The van der Waals surface area contributed by atoms with E-state index < -0.39 is 27.6 Å². The Kier molecular flexibility index (Phi) is 8.22. The first-order valence-corrected chi connectivity index (χ1v) is 7.90. The summed E-state index contributed by atoms with van der Waals surface area (Å²) in [4.78, 5) is 10.6. The maximum absolute atomic E-state index is 12.0. The molecule has 5 nitrogen and oxygen atoms in total. The summed E-state index contributed by atoms with van der Waals surface area (Å²) >= 11 is 0. The first kappa shape index (κ1) is 18.4. The highest BCUT2D eigenvalue weighted by Gasteiger charge is 2.44. The number of alkyl halides is 3. The van der Waals surface area contributed by atoms with Crippen molar-refractivity contribution >= 4 is 14.8 Å². The SMILES string of the molecule is CCO[Si](CCOC(=O)C(F)(F)F)(OCC)OCC. The number of carbonyl (C=O) groups is 1. The number of carbonyl (C=O) groups excluding carboxylic acids is 1. The van der Waals surface area contributed by atoms with Crippen LogP contribution in [-0.2, 0) is 22.8 Å². The predicted octanol–water partition coefficient (Wildman–Crippen LogP) is 2.14. The molecule has 0 N–H and O–H groups in total. The van der Waals surface area contributed by atoms with Crippen molar-refractivity contribution in [1.29, 1.82) is 0 Å². The Hall–Kier alpha value is -0.643. The van der Waals surface area contributed by atoms with Crippen molar-refractivity contribution in [2.24, 2.45) is 0 Å². The predicted molar refractivity (Wildman–Crippen MR) is 62.5 cm³/mol. The quantitative estimate of drug-likeness (QED) is 0.482. The Morgan fingerprint density at radius 3 is 1.74 bits per heavy atom. The first-order chi connectivity index (χ1) is 8.81. The van der Waals surface area contributed by atoms with E-state index in [1.807, 2.05) is 0 Å². The Labute approximate surface area is 111 Å². The third kappa shape index (κ3) is 6.90. The van der Waals surface area contributed by atoms with Crippen LogP contribution in [0.1, 0.15) is 20.8 Å². The molecular formula is C10H19F3O5Si. The fourth-order valence-corrected chi connectivity index (χ4v) is 3.71. The number of rotatable bonds is 9. The van der Waals surface area contributed by atoms with Crippen molar-refractivity contribution in [2.45, 2.75) is 33.0 Å². The molecule has 19 heavy (non-hydrogen) atoms. The van der Waals surface area contributed by atoms with Gasteiger partial charge < -0.3 is 18.0 Å². The molecule has 0 aromatic carbocycles. The van der Waals surface area contributed by atoms with Crippen LogP contribution in [0.25, 0.3) is 0 Å². The summed E-state index contributed by atoms with van der Waals surface area (Å²) in [6, 6.07) is -0.00958. The molecule has 0 heterocycles. The van der Waals surface area contributed by atoms with Crippen molar-refractivity contribution in [3.05, 3.63) is 0 Å². The van der Waals surface area contributed by atoms with Crippen LogP contribution in [0.2, 0.25) is 6.04 Å². The van der Waals surface area contributed by atoms with E-state index in [1.165, 1.54) is 0 Å². The Balaban J connectivity index is 4.44. The van der Waals surface area contributed by atoms with Gasteiger partial charge in [0.2, 0.25) is 0 Å². The molecule has 0 bridgehead atoms. The van der Waals surface area contributed by atoms with Crippen molar-refractivity contribution in [3.63, 3.8) is 0 Å². The highest BCUT2D eigenvalue weighted by Crippen LogP contribution is 2.19. The summed E-state index contributed by atoms with van der Waals surface area (Å²) in [7, 11) is -3.07. The van der Waals surface area contributed by atoms with Gasteiger partial charge in [0.15, 0.2) is 0 Å². The lowest BCUT2D eigenvalue weighted by atomic mass is 10.6. The van der Waals surface area contributed by atoms with Gasteiger partial charge in [-0.25, -0.2) is 4.79 Å². The van der Waals surface area contributed by atoms with Crippen molar-refractivity contribution < 1.29 is 36.0 Å². The number of hydrogen-bond donors (Lipinski definition) is 0. The van der Waals surface area contributed by atoms with Crippen LogP contribution in [0.3, 0.4) is 0 Å². The Bertz CT molecular complexity index is 255. The lowest BCUT2D eigenvalue weighted by molar-refractivity contribution is -0.199. The fourth-order valence-electron chi connectivity index (χ4n) is 1.35. The monoisotopic (exact) mass is 304 g/mol. The van der Waals surface area contributed by atoms with Crippen LogP contribution in [0.4, 0.5) is 13.2 Å². The van der Waals surface area contributed by atoms with Gasteiger partial charge in [-0.05, 0) is 20.8 Å². The van der Waals surface area contributed by atoms with Crippen LogP contribution >= 0.6 is 0 Å². The molecule has 0 aliphatic carbocycles. The summed E-state index contributed by atoms with van der Waals surface area (Å²) in [5.74, 6) is -2.22. The standard InChI is InChI=1S/C10H19F3O5Si/c1-4-16-19(17-5-2,18-6-3)8-7-15-9(14)10(11,12)13/h4-8H2,1-3H3. The van der Waals surface area contributed by atoms with Gasteiger partial charge in [0, 0.05) is 19.8 Å². The molecule has 0 aliphatic heterocycles. The highest BCUT2D eigenvalue weighted by atomic mass is 28.4. The van der Waals surface area contributed by atoms with Crippen LogP contribution in [0, 0.1) is 0 Å². The fraction of sp³-hybridized carbons (Fsp3) is 0.900. The Morgan fingerprint density at radius 1 is 1.00 bits per heavy atom. The summed E-state index contributed by atoms with van der Waals surface area (Å²) in [5, 5.41) is 0. The lowest BCUT2D eigenvalue weighted by Gasteiger charge is -2.28. The molecule has 0 unspecified atom stereocenters. The third-order valence-corrected chi connectivity index (χ3v) is 4.97. The molecule has 0 aromatic heterocycles. The molecule has 0 saturated carbocycles. The topological polar surface area (TPSA) is 54.0 Å². The summed E-state index contributed by atoms with van der Waals surface area (Å²) in [5.41, 5.74) is 0. The molecule has 0 rings (SSSR count). The van der Waals surface area contributed by atoms with E-state index >= 15 is 0 Å². The maximum atomic E-state index is 12.0. The van der Waals surface area contributed by atoms with Crippen LogP contribution in [0.15, 0.2) is 0 Å². The minimum atomic E-state index is -4.99. The van der Waals surface area contributed by atoms with E-state index in [-0.39, 0.29) is 6.04 Å². The van der Waals surface area contributed by atoms with Gasteiger partial charge in [0.25, 0.3) is 0 Å². The van der Waals surface area contributed by atoms with Crippen molar-refractivity contribution in [3.8, 4) is 0 Å². The minimum absolute atomic E-state index is 0.00958. The van der Waals surface area contributed by atoms with Gasteiger partial charge in [0.1, 0.15) is 0 Å². The van der Waals surface area contributed by atoms with Gasteiger partial charge in [-0.1, -0.05) is 0 Å². The summed E-state index contributed by atoms with van der Waals surface area (Å²) in [6.45, 7) is 5.63. The van der Waals surface area contributed by atoms with E-state index in [4.69, 9.17) is 13.3 Å². The van der Waals surface area contributed by atoms with Gasteiger partial charge in [-0.3, -0.25) is 0 Å². The molecule has 0 spiro atoms. The minimum Gasteiger partial charge on any atom is -0.459 e. The van der Waals surface area contributed by atoms with Crippen molar-refractivity contribution in [1.82, 2.24) is 0 Å². The number of esters is 1. The molecule has 0 aliphatic rings. The molecule has 0 amide bonds. The van der Waals surface area contributed by atoms with E-state index in [2.05, 4.69) is 4.74 Å². The molecule has 0 radical (unpaired) electrons. The Morgan fingerprint density at radius 2 is 1.42 bits per heavy atom. The molecule has 114 valence electrons. The largest absolute Gasteiger partial charge is 0.504 e. The van der Waals surface area contributed by atoms with Gasteiger partial charge in [-0.2, -0.15) is 13.2 Å². The third-order valence-electron chi connectivity index (χ3n) is 1.97. The number of halogens is 3. The number of ether oxygens (including phenoxy) is 1. The summed E-state index contributed by atoms with van der Waals surface area (Å²) in [6.07, 6.45) is -4.99. The van der Waals surface area contributed by atoms with Gasteiger partial charge in [-0.15, -0.1) is 0 Å². The highest BCUT2D eigenvalue weighted by molar-refractivity contribution is 6.60. The maximum Gasteiger partial charge on any atom is 0.504 e. The zero-order valence-electron chi connectivity index (χ0n) is 11.2. The van der Waals surface area contributed by atoms with E-state index in [0.29, 0.717) is 19.8 Å². The van der Waals surface area contributed by atoms with Crippen LogP contribution in [-0.4, -0.2) is 47.4 Å². The second-order valence-electron chi connectivity index (χ2n) is 3.37. The molecule has 9 heteroatoms. The number of hydrogen-bond acceptors (Lipinski definition) is 5. The molecular weight excluding hydrogens is 285 g/mol. The zero-order chi connectivity index (χ0) is 14.9. The zero-order valence-corrected chi connectivity index (χ0v) is 12.2. The lowest BCUT2D eigenvalue weighted by Crippen LogP contribution is -2.47. The second kappa shape index (κ2) is 8.51. The van der Waals surface area contributed by atoms with Crippen LogP contribution < -0.4 is 0 Å². The molecule has 0 saturated heterocycles. The normalized spacial score (nSPS) is 12.5. The van der Waals surface area contributed by atoms with E-state index in [9.17, 15) is 18.0 Å². The van der Waals surface area contributed by atoms with Crippen LogP contribution in [0.5, 0.6) is 0 Å². The molecule has 0 atom stereocenters. The van der Waals surface area contributed by atoms with Gasteiger partial charge in [0.05, 0.1) is 12.7 Å². The molecule has 0 fully saturated rings. The van der Waals surface area contributed by atoms with Gasteiger partial charge >= 0.3 is 21.0 Å². The summed E-state index contributed by atoms with van der Waals surface area (Å²) < 4.78 is 56.2. The second-order valence-corrected chi connectivity index (χ2v) is 6.10. The average Bonchev–Trinajstić information content (AvgIpc) is 2.28. The average molecular weight is 304 g/mol. The smallest absolute Gasteiger partial charge is 0.459 e. The molecule has 0 aromatic rings. The van der Waals surface area contributed by atoms with E-state index in [1.54, 1.807) is 20.8 Å². The first-order valence-electron chi connectivity index (χ1n) is 5.97.